The van der Waals surface area contributed by atoms with Gasteiger partial charge in [0.1, 0.15) is 5.82 Å². The summed E-state index contributed by atoms with van der Waals surface area (Å²) < 4.78 is 1.69. The summed E-state index contributed by atoms with van der Waals surface area (Å²) in [6, 6.07) is 12.1. The molecule has 0 aliphatic heterocycles. The van der Waals surface area contributed by atoms with E-state index in [1.807, 2.05) is 32.9 Å². The van der Waals surface area contributed by atoms with Gasteiger partial charge in [0, 0.05) is 23.3 Å². The lowest BCUT2D eigenvalue weighted by molar-refractivity contribution is -0.385. The molecule has 0 bridgehead atoms. The van der Waals surface area contributed by atoms with Crippen molar-refractivity contribution >= 4 is 17.4 Å². The molecule has 0 spiro atoms. The van der Waals surface area contributed by atoms with E-state index in [1.54, 1.807) is 17.7 Å². The molecule has 1 N–H and O–H groups in total. The molecule has 138 valence electrons. The van der Waals surface area contributed by atoms with Gasteiger partial charge in [-0.25, -0.2) is 4.68 Å². The number of amides is 1. The van der Waals surface area contributed by atoms with Crippen molar-refractivity contribution in [2.45, 2.75) is 27.7 Å². The van der Waals surface area contributed by atoms with Crippen molar-refractivity contribution in [3.8, 4) is 5.69 Å². The fraction of sp³-hybridized carbons (Fsp3) is 0.200. The number of nitro benzene ring substituents is 1. The van der Waals surface area contributed by atoms with Crippen LogP contribution in [-0.4, -0.2) is 20.6 Å². The van der Waals surface area contributed by atoms with Crippen LogP contribution in [0, 0.1) is 37.8 Å². The van der Waals surface area contributed by atoms with Crippen LogP contribution in [0.25, 0.3) is 5.69 Å². The Balaban J connectivity index is 1.93. The molecule has 2 aromatic carbocycles. The van der Waals surface area contributed by atoms with Crippen molar-refractivity contribution in [3.63, 3.8) is 0 Å². The standard InChI is InChI=1S/C20H20N4O3/c1-12-7-13(2)9-17(8-12)23-19(11-15(4)22-23)21-20(25)16-5-6-18(24(26)27)14(3)10-16/h5-11H,1-4H3,(H,21,25). The zero-order chi connectivity index (χ0) is 19.7. The highest BCUT2D eigenvalue weighted by Gasteiger charge is 2.16. The minimum absolute atomic E-state index is 0.0114. The fourth-order valence-electron chi connectivity index (χ4n) is 3.05. The third-order valence-corrected chi connectivity index (χ3v) is 4.18. The maximum absolute atomic E-state index is 12.7. The number of benzene rings is 2. The lowest BCUT2D eigenvalue weighted by Crippen LogP contribution is -2.15. The molecule has 1 amide bonds. The number of aryl methyl sites for hydroxylation is 4. The van der Waals surface area contributed by atoms with Gasteiger partial charge < -0.3 is 5.32 Å². The third-order valence-electron chi connectivity index (χ3n) is 4.18. The Morgan fingerprint density at radius 3 is 2.30 bits per heavy atom. The van der Waals surface area contributed by atoms with Crippen molar-refractivity contribution in [2.75, 3.05) is 5.32 Å². The first kappa shape index (κ1) is 18.3. The number of nitro groups is 1. The molecule has 1 heterocycles. The number of hydrogen-bond donors (Lipinski definition) is 1. The first-order chi connectivity index (χ1) is 12.7. The molecule has 3 rings (SSSR count). The molecule has 0 atom stereocenters. The zero-order valence-corrected chi connectivity index (χ0v) is 15.6. The van der Waals surface area contributed by atoms with Crippen molar-refractivity contribution < 1.29 is 9.72 Å². The first-order valence-electron chi connectivity index (χ1n) is 8.46. The van der Waals surface area contributed by atoms with E-state index in [2.05, 4.69) is 16.5 Å². The summed E-state index contributed by atoms with van der Waals surface area (Å²) in [5.41, 5.74) is 4.60. The highest BCUT2D eigenvalue weighted by molar-refractivity contribution is 6.04. The van der Waals surface area contributed by atoms with Crippen molar-refractivity contribution in [3.05, 3.63) is 80.5 Å². The van der Waals surface area contributed by atoms with Crippen LogP contribution >= 0.6 is 0 Å². The molecule has 0 radical (unpaired) electrons. The number of nitrogens with one attached hydrogen (secondary N) is 1. The predicted molar refractivity (Wildman–Crippen MR) is 104 cm³/mol. The Morgan fingerprint density at radius 2 is 1.70 bits per heavy atom. The number of anilines is 1. The van der Waals surface area contributed by atoms with Crippen LogP contribution in [0.3, 0.4) is 0 Å². The Morgan fingerprint density at radius 1 is 1.04 bits per heavy atom. The predicted octanol–water partition coefficient (Wildman–Crippen LogP) is 4.27. The highest BCUT2D eigenvalue weighted by Crippen LogP contribution is 2.22. The molecule has 0 saturated carbocycles. The number of rotatable bonds is 4. The second kappa shape index (κ2) is 7.03. The Hall–Kier alpha value is -3.48. The minimum atomic E-state index is -0.463. The number of carbonyl (C=O) groups is 1. The molecule has 0 aliphatic carbocycles. The van der Waals surface area contributed by atoms with E-state index in [0.29, 0.717) is 16.9 Å². The Bertz CT molecular complexity index is 1030. The van der Waals surface area contributed by atoms with Crippen LogP contribution in [0.5, 0.6) is 0 Å². The van der Waals surface area contributed by atoms with Gasteiger partial charge in [0.25, 0.3) is 11.6 Å². The highest BCUT2D eigenvalue weighted by atomic mass is 16.6. The van der Waals surface area contributed by atoms with E-state index in [-0.39, 0.29) is 11.6 Å². The van der Waals surface area contributed by atoms with Gasteiger partial charge in [0.2, 0.25) is 0 Å². The van der Waals surface area contributed by atoms with E-state index in [0.717, 1.165) is 22.5 Å². The van der Waals surface area contributed by atoms with E-state index in [1.165, 1.54) is 18.2 Å². The first-order valence-corrected chi connectivity index (χ1v) is 8.46. The summed E-state index contributed by atoms with van der Waals surface area (Å²) in [5, 5.41) is 18.3. The molecule has 0 fully saturated rings. The molecular formula is C20H20N4O3. The van der Waals surface area contributed by atoms with Gasteiger partial charge in [0.05, 0.1) is 16.3 Å². The maximum Gasteiger partial charge on any atom is 0.272 e. The molecular weight excluding hydrogens is 344 g/mol. The Kier molecular flexibility index (Phi) is 4.77. The fourth-order valence-corrected chi connectivity index (χ4v) is 3.05. The van der Waals surface area contributed by atoms with Crippen molar-refractivity contribution in [1.29, 1.82) is 0 Å². The van der Waals surface area contributed by atoms with Gasteiger partial charge in [-0.15, -0.1) is 0 Å². The quantitative estimate of drug-likeness (QED) is 0.553. The summed E-state index contributed by atoms with van der Waals surface area (Å²) >= 11 is 0. The summed E-state index contributed by atoms with van der Waals surface area (Å²) in [4.78, 5) is 23.1. The zero-order valence-electron chi connectivity index (χ0n) is 15.6. The largest absolute Gasteiger partial charge is 0.306 e. The molecule has 3 aromatic rings. The number of nitrogens with zero attached hydrogens (tertiary/aromatic N) is 3. The van der Waals surface area contributed by atoms with Gasteiger partial charge >= 0.3 is 0 Å². The molecule has 0 saturated heterocycles. The molecule has 0 aliphatic rings. The normalized spacial score (nSPS) is 10.7. The summed E-state index contributed by atoms with van der Waals surface area (Å²) in [7, 11) is 0. The van der Waals surface area contributed by atoms with Crippen molar-refractivity contribution in [1.82, 2.24) is 9.78 Å². The van der Waals surface area contributed by atoms with Gasteiger partial charge in [-0.2, -0.15) is 5.10 Å². The number of carbonyl (C=O) groups excluding carboxylic acids is 1. The van der Waals surface area contributed by atoms with E-state index < -0.39 is 4.92 Å². The van der Waals surface area contributed by atoms with Crippen LogP contribution in [0.15, 0.2) is 42.5 Å². The monoisotopic (exact) mass is 364 g/mol. The lowest BCUT2D eigenvalue weighted by atomic mass is 10.1. The number of aromatic nitrogens is 2. The smallest absolute Gasteiger partial charge is 0.272 e. The van der Waals surface area contributed by atoms with Crippen LogP contribution in [0.2, 0.25) is 0 Å². The van der Waals surface area contributed by atoms with Gasteiger partial charge in [-0.3, -0.25) is 14.9 Å². The van der Waals surface area contributed by atoms with Crippen LogP contribution < -0.4 is 5.32 Å². The average Bonchev–Trinajstić information content (AvgIpc) is 2.93. The number of hydrogen-bond acceptors (Lipinski definition) is 4. The summed E-state index contributed by atoms with van der Waals surface area (Å²) in [5.74, 6) is 0.192. The van der Waals surface area contributed by atoms with Gasteiger partial charge in [-0.05, 0) is 63.1 Å². The van der Waals surface area contributed by atoms with E-state index in [4.69, 9.17) is 0 Å². The van der Waals surface area contributed by atoms with E-state index in [9.17, 15) is 14.9 Å². The van der Waals surface area contributed by atoms with Crippen LogP contribution in [0.1, 0.15) is 32.7 Å². The molecule has 7 heteroatoms. The lowest BCUT2D eigenvalue weighted by Gasteiger charge is -2.11. The van der Waals surface area contributed by atoms with Crippen LogP contribution in [-0.2, 0) is 0 Å². The third kappa shape index (κ3) is 3.87. The van der Waals surface area contributed by atoms with Crippen LogP contribution in [0.4, 0.5) is 11.5 Å². The van der Waals surface area contributed by atoms with Crippen molar-refractivity contribution in [2.24, 2.45) is 0 Å². The molecule has 27 heavy (non-hydrogen) atoms. The van der Waals surface area contributed by atoms with Gasteiger partial charge in [-0.1, -0.05) is 6.07 Å². The summed E-state index contributed by atoms with van der Waals surface area (Å²) in [6.45, 7) is 7.47. The second-order valence-corrected chi connectivity index (χ2v) is 6.64. The average molecular weight is 364 g/mol. The molecule has 1 aromatic heterocycles. The van der Waals surface area contributed by atoms with E-state index >= 15 is 0 Å². The second-order valence-electron chi connectivity index (χ2n) is 6.64. The maximum atomic E-state index is 12.7. The molecule has 7 nitrogen and oxygen atoms in total. The summed E-state index contributed by atoms with van der Waals surface area (Å²) in [6.07, 6.45) is 0. The topological polar surface area (TPSA) is 90.1 Å². The van der Waals surface area contributed by atoms with Gasteiger partial charge in [0.15, 0.2) is 0 Å². The Labute approximate surface area is 156 Å². The SMILES string of the molecule is Cc1cc(C)cc(-n2nc(C)cc2NC(=O)c2ccc([N+](=O)[O-])c(C)c2)c1. The minimum Gasteiger partial charge on any atom is -0.306 e. The molecule has 0 unspecified atom stereocenters.